The van der Waals surface area contributed by atoms with Crippen LogP contribution in [0, 0.1) is 5.92 Å². The third-order valence-corrected chi connectivity index (χ3v) is 5.05. The number of hydrogen-bond acceptors (Lipinski definition) is 5. The molecule has 0 bridgehead atoms. The van der Waals surface area contributed by atoms with Crippen molar-refractivity contribution in [2.45, 2.75) is 25.8 Å². The van der Waals surface area contributed by atoms with Crippen LogP contribution in [-0.4, -0.2) is 41.3 Å². The van der Waals surface area contributed by atoms with Gasteiger partial charge in [-0.2, -0.15) is 0 Å². The molecule has 29 heavy (non-hydrogen) atoms. The van der Waals surface area contributed by atoms with Crippen molar-refractivity contribution < 1.29 is 19.1 Å². The number of nitrogens with one attached hydrogen (secondary N) is 1. The number of amides is 3. The van der Waals surface area contributed by atoms with E-state index < -0.39 is 17.7 Å². The molecule has 1 fully saturated rings. The molecule has 0 aliphatic carbocycles. The lowest BCUT2D eigenvalue weighted by atomic mass is 9.89. The number of methoxy groups -OCH3 is 1. The molecule has 8 heteroatoms. The zero-order valence-corrected chi connectivity index (χ0v) is 16.4. The van der Waals surface area contributed by atoms with Crippen LogP contribution in [0.3, 0.4) is 0 Å². The lowest BCUT2D eigenvalue weighted by Gasteiger charge is -2.39. The van der Waals surface area contributed by atoms with Crippen LogP contribution in [0.25, 0.3) is 0 Å². The van der Waals surface area contributed by atoms with E-state index in [-0.39, 0.29) is 23.2 Å². The van der Waals surface area contributed by atoms with Crippen LogP contribution >= 0.6 is 0 Å². The summed E-state index contributed by atoms with van der Waals surface area (Å²) >= 11 is 0. The number of carbonyl (C=O) groups is 3. The standard InChI is InChI=1S/C21H24N4O4/c1-13-7-8-17(16-5-3-4-6-18(16)29-2)25(12-13)21(28)20(27)24-15-9-14(19(22)26)10-23-11-15/h3-6,9-11,13,17H,7-8,12H2,1-2H3,(H2,22,26)(H,24,27)/t13-,17+/m1/s1. The number of rotatable bonds is 4. The van der Waals surface area contributed by atoms with Crippen molar-refractivity contribution in [2.24, 2.45) is 11.7 Å². The van der Waals surface area contributed by atoms with Crippen molar-refractivity contribution in [2.75, 3.05) is 19.0 Å². The van der Waals surface area contributed by atoms with E-state index in [0.29, 0.717) is 12.3 Å². The summed E-state index contributed by atoms with van der Waals surface area (Å²) in [5, 5.41) is 2.52. The Morgan fingerprint density at radius 1 is 1.21 bits per heavy atom. The van der Waals surface area contributed by atoms with Gasteiger partial charge in [-0.05, 0) is 30.9 Å². The van der Waals surface area contributed by atoms with Gasteiger partial charge in [0.2, 0.25) is 5.91 Å². The maximum atomic E-state index is 13.0. The number of aromatic nitrogens is 1. The molecule has 2 atom stereocenters. The molecular weight excluding hydrogens is 372 g/mol. The van der Waals surface area contributed by atoms with Gasteiger partial charge in [0, 0.05) is 18.3 Å². The number of carbonyl (C=O) groups excluding carboxylic acids is 3. The molecule has 8 nitrogen and oxygen atoms in total. The summed E-state index contributed by atoms with van der Waals surface area (Å²) in [6, 6.07) is 8.65. The number of likely N-dealkylation sites (tertiary alicyclic amines) is 1. The van der Waals surface area contributed by atoms with E-state index in [9.17, 15) is 14.4 Å². The summed E-state index contributed by atoms with van der Waals surface area (Å²) in [6.45, 7) is 2.52. The van der Waals surface area contributed by atoms with Crippen molar-refractivity contribution in [3.05, 3.63) is 53.9 Å². The molecule has 0 unspecified atom stereocenters. The number of ether oxygens (including phenoxy) is 1. The van der Waals surface area contributed by atoms with Gasteiger partial charge in [-0.1, -0.05) is 25.1 Å². The van der Waals surface area contributed by atoms with E-state index in [4.69, 9.17) is 10.5 Å². The number of benzene rings is 1. The first-order chi connectivity index (χ1) is 13.9. The molecule has 1 aliphatic heterocycles. The Labute approximate surface area is 169 Å². The number of pyridine rings is 1. The summed E-state index contributed by atoms with van der Waals surface area (Å²) in [7, 11) is 1.59. The van der Waals surface area contributed by atoms with Gasteiger partial charge in [0.25, 0.3) is 0 Å². The number of nitrogens with two attached hydrogens (primary N) is 1. The van der Waals surface area contributed by atoms with Gasteiger partial charge >= 0.3 is 11.8 Å². The maximum absolute atomic E-state index is 13.0. The quantitative estimate of drug-likeness (QED) is 0.769. The Kier molecular flexibility index (Phi) is 6.11. The second-order valence-corrected chi connectivity index (χ2v) is 7.18. The number of para-hydroxylation sites is 1. The van der Waals surface area contributed by atoms with E-state index in [2.05, 4.69) is 17.2 Å². The fourth-order valence-corrected chi connectivity index (χ4v) is 3.60. The van der Waals surface area contributed by atoms with Crippen LogP contribution in [0.15, 0.2) is 42.7 Å². The SMILES string of the molecule is COc1ccccc1[C@@H]1CC[C@@H](C)CN1C(=O)C(=O)Nc1cncc(C(N)=O)c1. The highest BCUT2D eigenvalue weighted by Crippen LogP contribution is 2.37. The fourth-order valence-electron chi connectivity index (χ4n) is 3.60. The molecule has 152 valence electrons. The summed E-state index contributed by atoms with van der Waals surface area (Å²) in [4.78, 5) is 42.4. The van der Waals surface area contributed by atoms with Gasteiger partial charge in [-0.3, -0.25) is 19.4 Å². The van der Waals surface area contributed by atoms with Crippen molar-refractivity contribution in [1.29, 1.82) is 0 Å². The molecule has 3 amide bonds. The average Bonchev–Trinajstić information content (AvgIpc) is 2.73. The molecule has 2 heterocycles. The van der Waals surface area contributed by atoms with Gasteiger partial charge in [0.1, 0.15) is 5.75 Å². The number of primary amides is 1. The normalized spacial score (nSPS) is 18.8. The van der Waals surface area contributed by atoms with Crippen molar-refractivity contribution in [1.82, 2.24) is 9.88 Å². The topological polar surface area (TPSA) is 115 Å². The van der Waals surface area contributed by atoms with Crippen LogP contribution in [-0.2, 0) is 9.59 Å². The lowest BCUT2D eigenvalue weighted by Crippen LogP contribution is -2.46. The molecule has 2 aromatic rings. The van der Waals surface area contributed by atoms with Gasteiger partial charge in [-0.25, -0.2) is 0 Å². The van der Waals surface area contributed by atoms with Gasteiger partial charge in [0.15, 0.2) is 0 Å². The first-order valence-electron chi connectivity index (χ1n) is 9.40. The van der Waals surface area contributed by atoms with E-state index in [1.807, 2.05) is 24.3 Å². The van der Waals surface area contributed by atoms with Crippen molar-refractivity contribution >= 4 is 23.4 Å². The van der Waals surface area contributed by atoms with E-state index in [0.717, 1.165) is 18.4 Å². The van der Waals surface area contributed by atoms with Crippen molar-refractivity contribution in [3.8, 4) is 5.75 Å². The number of nitrogens with zero attached hydrogens (tertiary/aromatic N) is 2. The second kappa shape index (κ2) is 8.72. The smallest absolute Gasteiger partial charge is 0.313 e. The summed E-state index contributed by atoms with van der Waals surface area (Å²) < 4.78 is 5.45. The Balaban J connectivity index is 1.83. The first kappa shape index (κ1) is 20.3. The van der Waals surface area contributed by atoms with Gasteiger partial charge in [0.05, 0.1) is 30.6 Å². The van der Waals surface area contributed by atoms with Gasteiger partial charge < -0.3 is 20.7 Å². The third kappa shape index (κ3) is 4.53. The molecular formula is C21H24N4O4. The number of anilines is 1. The maximum Gasteiger partial charge on any atom is 0.313 e. The number of hydrogen-bond donors (Lipinski definition) is 2. The van der Waals surface area contributed by atoms with Crippen LogP contribution in [0.4, 0.5) is 5.69 Å². The lowest BCUT2D eigenvalue weighted by molar-refractivity contribution is -0.146. The van der Waals surface area contributed by atoms with E-state index >= 15 is 0 Å². The second-order valence-electron chi connectivity index (χ2n) is 7.18. The minimum atomic E-state index is -0.789. The summed E-state index contributed by atoms with van der Waals surface area (Å²) in [5.41, 5.74) is 6.49. The minimum absolute atomic E-state index is 0.147. The molecule has 0 spiro atoms. The minimum Gasteiger partial charge on any atom is -0.496 e. The monoisotopic (exact) mass is 396 g/mol. The highest BCUT2D eigenvalue weighted by molar-refractivity contribution is 6.39. The number of piperidine rings is 1. The van der Waals surface area contributed by atoms with Crippen LogP contribution < -0.4 is 15.8 Å². The van der Waals surface area contributed by atoms with E-state index in [1.165, 1.54) is 18.5 Å². The van der Waals surface area contributed by atoms with Crippen LogP contribution in [0.1, 0.15) is 41.7 Å². The molecule has 0 saturated carbocycles. The predicted molar refractivity (Wildman–Crippen MR) is 107 cm³/mol. The molecule has 1 aromatic carbocycles. The zero-order chi connectivity index (χ0) is 21.0. The Bertz CT molecular complexity index is 930. The fraction of sp³-hybridized carbons (Fsp3) is 0.333. The molecule has 1 saturated heterocycles. The van der Waals surface area contributed by atoms with Crippen LogP contribution in [0.2, 0.25) is 0 Å². The highest BCUT2D eigenvalue weighted by Gasteiger charge is 2.35. The van der Waals surface area contributed by atoms with Gasteiger partial charge in [-0.15, -0.1) is 0 Å². The Morgan fingerprint density at radius 3 is 2.69 bits per heavy atom. The molecule has 3 N–H and O–H groups in total. The average molecular weight is 396 g/mol. The van der Waals surface area contributed by atoms with E-state index in [1.54, 1.807) is 12.0 Å². The molecule has 0 radical (unpaired) electrons. The Hall–Kier alpha value is -3.42. The summed E-state index contributed by atoms with van der Waals surface area (Å²) in [6.07, 6.45) is 4.33. The highest BCUT2D eigenvalue weighted by atomic mass is 16.5. The zero-order valence-electron chi connectivity index (χ0n) is 16.4. The largest absolute Gasteiger partial charge is 0.496 e. The summed E-state index contributed by atoms with van der Waals surface area (Å²) in [5.74, 6) is -1.14. The Morgan fingerprint density at radius 2 is 1.97 bits per heavy atom. The third-order valence-electron chi connectivity index (χ3n) is 5.05. The molecule has 1 aliphatic rings. The first-order valence-corrected chi connectivity index (χ1v) is 9.40. The molecule has 1 aromatic heterocycles. The van der Waals surface area contributed by atoms with Crippen LogP contribution in [0.5, 0.6) is 5.75 Å². The predicted octanol–water partition coefficient (Wildman–Crippen LogP) is 2.13. The molecule has 3 rings (SSSR count). The van der Waals surface area contributed by atoms with Crippen molar-refractivity contribution in [3.63, 3.8) is 0 Å².